The Morgan fingerprint density at radius 2 is 1.65 bits per heavy atom. The topological polar surface area (TPSA) is 67.2 Å². The van der Waals surface area contributed by atoms with Crippen LogP contribution in [0.25, 0.3) is 11.3 Å². The van der Waals surface area contributed by atoms with Crippen LogP contribution in [0, 0.1) is 6.92 Å². The molecule has 3 aromatic rings. The van der Waals surface area contributed by atoms with E-state index in [1.54, 1.807) is 9.58 Å². The average molecular weight is 499 g/mol. The molecule has 2 aliphatic rings. The maximum absolute atomic E-state index is 14.0. The van der Waals surface area contributed by atoms with Gasteiger partial charge < -0.3 is 10.2 Å². The van der Waals surface area contributed by atoms with E-state index >= 15 is 0 Å². The van der Waals surface area contributed by atoms with Crippen molar-refractivity contribution in [2.75, 3.05) is 0 Å². The van der Waals surface area contributed by atoms with E-state index in [9.17, 15) is 9.59 Å². The highest BCUT2D eigenvalue weighted by Crippen LogP contribution is 2.32. The van der Waals surface area contributed by atoms with Gasteiger partial charge in [-0.05, 0) is 50.3 Å². The van der Waals surface area contributed by atoms with Crippen molar-refractivity contribution in [3.05, 3.63) is 77.0 Å². The van der Waals surface area contributed by atoms with Gasteiger partial charge >= 0.3 is 0 Å². The molecule has 1 aliphatic carbocycles. The molecule has 6 heteroatoms. The van der Waals surface area contributed by atoms with Crippen molar-refractivity contribution in [2.45, 2.75) is 90.4 Å². The molecular weight excluding hydrogens is 460 g/mol. The number of aryl methyl sites for hydroxylation is 2. The number of aromatic nitrogens is 2. The molecule has 1 saturated carbocycles. The van der Waals surface area contributed by atoms with Gasteiger partial charge in [-0.15, -0.1) is 0 Å². The molecule has 2 aromatic carbocycles. The summed E-state index contributed by atoms with van der Waals surface area (Å²) in [6.45, 7) is 6.77. The number of hydrogen-bond acceptors (Lipinski definition) is 3. The predicted molar refractivity (Wildman–Crippen MR) is 146 cm³/mol. The van der Waals surface area contributed by atoms with Crippen LogP contribution in [0.5, 0.6) is 0 Å². The number of nitrogens with zero attached hydrogens (tertiary/aromatic N) is 3. The minimum absolute atomic E-state index is 0.0881. The Labute approximate surface area is 220 Å². The van der Waals surface area contributed by atoms with Crippen LogP contribution >= 0.6 is 0 Å². The van der Waals surface area contributed by atoms with Crippen LogP contribution in [0.3, 0.4) is 0 Å². The highest BCUT2D eigenvalue weighted by Gasteiger charge is 2.48. The highest BCUT2D eigenvalue weighted by molar-refractivity contribution is 6.00. The molecule has 194 valence electrons. The number of fused-ring (bicyclic) bond motifs is 1. The van der Waals surface area contributed by atoms with Crippen molar-refractivity contribution in [1.82, 2.24) is 20.0 Å². The zero-order valence-corrected chi connectivity index (χ0v) is 22.3. The second-order valence-corrected chi connectivity index (χ2v) is 10.9. The SMILES string of the molecule is CCc1ccc(-c2cc3n(n2)C[C@](C)(C(=O)NC2CCCCCC2)N(Cc2ccc(C)cc2)C3=O)cc1. The van der Waals surface area contributed by atoms with E-state index in [1.165, 1.54) is 24.0 Å². The Kier molecular flexibility index (Phi) is 7.18. The summed E-state index contributed by atoms with van der Waals surface area (Å²) in [6, 6.07) is 18.5. The molecule has 0 saturated heterocycles. The number of benzene rings is 2. The van der Waals surface area contributed by atoms with Gasteiger partial charge in [0.05, 0.1) is 12.2 Å². The average Bonchev–Trinajstić information content (AvgIpc) is 3.16. The predicted octanol–water partition coefficient (Wildman–Crippen LogP) is 5.67. The molecule has 0 unspecified atom stereocenters. The molecule has 6 nitrogen and oxygen atoms in total. The van der Waals surface area contributed by atoms with E-state index in [-0.39, 0.29) is 17.9 Å². The molecule has 5 rings (SSSR count). The maximum Gasteiger partial charge on any atom is 0.273 e. The van der Waals surface area contributed by atoms with Crippen molar-refractivity contribution < 1.29 is 9.59 Å². The van der Waals surface area contributed by atoms with Gasteiger partial charge in [0.1, 0.15) is 11.2 Å². The number of rotatable bonds is 6. The summed E-state index contributed by atoms with van der Waals surface area (Å²) in [5, 5.41) is 8.13. The Morgan fingerprint density at radius 1 is 1.00 bits per heavy atom. The smallest absolute Gasteiger partial charge is 0.273 e. The van der Waals surface area contributed by atoms with Crippen molar-refractivity contribution in [3.8, 4) is 11.3 Å². The van der Waals surface area contributed by atoms with Gasteiger partial charge in [0, 0.05) is 18.2 Å². The van der Waals surface area contributed by atoms with E-state index in [2.05, 4.69) is 48.6 Å². The van der Waals surface area contributed by atoms with Crippen molar-refractivity contribution >= 4 is 11.8 Å². The van der Waals surface area contributed by atoms with E-state index in [1.807, 2.05) is 32.0 Å². The standard InChI is InChI=1S/C31H38N4O2/c1-4-23-15-17-25(18-16-23)27-19-28-29(36)34(20-24-13-11-22(2)12-14-24)31(3,21-35(28)33-27)30(37)32-26-9-7-5-6-8-10-26/h11-19,26H,4-10,20-21H2,1-3H3,(H,32,37)/t31-/m1/s1. The molecule has 1 atom stereocenters. The minimum Gasteiger partial charge on any atom is -0.351 e. The fraction of sp³-hybridized carbons (Fsp3) is 0.452. The first-order valence-corrected chi connectivity index (χ1v) is 13.7. The summed E-state index contributed by atoms with van der Waals surface area (Å²) >= 11 is 0. The lowest BCUT2D eigenvalue weighted by Gasteiger charge is -2.44. The summed E-state index contributed by atoms with van der Waals surface area (Å²) in [4.78, 5) is 29.7. The van der Waals surface area contributed by atoms with Gasteiger partial charge in [-0.25, -0.2) is 0 Å². The third-order valence-corrected chi connectivity index (χ3v) is 8.10. The van der Waals surface area contributed by atoms with E-state index in [0.717, 1.165) is 48.9 Å². The van der Waals surface area contributed by atoms with Crippen LogP contribution in [-0.2, 0) is 24.3 Å². The monoisotopic (exact) mass is 498 g/mol. The quantitative estimate of drug-likeness (QED) is 0.445. The van der Waals surface area contributed by atoms with Crippen LogP contribution < -0.4 is 5.32 Å². The van der Waals surface area contributed by atoms with Gasteiger partial charge in [0.25, 0.3) is 5.91 Å². The van der Waals surface area contributed by atoms with Crippen LogP contribution in [0.15, 0.2) is 54.6 Å². The molecule has 1 aliphatic heterocycles. The summed E-state index contributed by atoms with van der Waals surface area (Å²) in [5.41, 5.74) is 4.65. The van der Waals surface area contributed by atoms with E-state index in [0.29, 0.717) is 18.8 Å². The Bertz CT molecular complexity index is 1250. The Morgan fingerprint density at radius 3 is 2.30 bits per heavy atom. The molecule has 1 fully saturated rings. The first-order valence-electron chi connectivity index (χ1n) is 13.7. The maximum atomic E-state index is 14.0. The molecule has 0 bridgehead atoms. The Hall–Kier alpha value is -3.41. The summed E-state index contributed by atoms with van der Waals surface area (Å²) in [5.74, 6) is -0.246. The lowest BCUT2D eigenvalue weighted by atomic mass is 9.93. The van der Waals surface area contributed by atoms with Gasteiger partial charge in [-0.1, -0.05) is 86.7 Å². The molecule has 37 heavy (non-hydrogen) atoms. The normalized spacial score (nSPS) is 20.4. The first-order chi connectivity index (χ1) is 17.9. The lowest BCUT2D eigenvalue weighted by molar-refractivity contribution is -0.134. The largest absolute Gasteiger partial charge is 0.351 e. The number of nitrogens with one attached hydrogen (secondary N) is 1. The molecule has 2 heterocycles. The Balaban J connectivity index is 1.49. The summed E-state index contributed by atoms with van der Waals surface area (Å²) in [7, 11) is 0. The van der Waals surface area contributed by atoms with Crippen molar-refractivity contribution in [1.29, 1.82) is 0 Å². The number of amides is 2. The lowest BCUT2D eigenvalue weighted by Crippen LogP contribution is -2.64. The van der Waals surface area contributed by atoms with Crippen LogP contribution in [-0.4, -0.2) is 38.1 Å². The number of hydrogen-bond donors (Lipinski definition) is 1. The second kappa shape index (κ2) is 10.5. The van der Waals surface area contributed by atoms with E-state index in [4.69, 9.17) is 5.10 Å². The molecule has 1 N–H and O–H groups in total. The van der Waals surface area contributed by atoms with E-state index < -0.39 is 5.54 Å². The minimum atomic E-state index is -1.05. The van der Waals surface area contributed by atoms with Gasteiger partial charge in [-0.3, -0.25) is 14.3 Å². The van der Waals surface area contributed by atoms with Crippen LogP contribution in [0.4, 0.5) is 0 Å². The number of carbonyl (C=O) groups is 2. The zero-order chi connectivity index (χ0) is 26.0. The van der Waals surface area contributed by atoms with Crippen molar-refractivity contribution in [2.24, 2.45) is 0 Å². The second-order valence-electron chi connectivity index (χ2n) is 10.9. The van der Waals surface area contributed by atoms with Crippen LogP contribution in [0.2, 0.25) is 0 Å². The highest BCUT2D eigenvalue weighted by atomic mass is 16.2. The summed E-state index contributed by atoms with van der Waals surface area (Å²) in [6.07, 6.45) is 7.69. The molecular formula is C31H38N4O2. The fourth-order valence-electron chi connectivity index (χ4n) is 5.58. The molecule has 0 spiro atoms. The van der Waals surface area contributed by atoms with Gasteiger partial charge in [0.15, 0.2) is 0 Å². The van der Waals surface area contributed by atoms with Crippen LogP contribution in [0.1, 0.15) is 79.6 Å². The third-order valence-electron chi connectivity index (χ3n) is 8.10. The van der Waals surface area contributed by atoms with Crippen molar-refractivity contribution in [3.63, 3.8) is 0 Å². The molecule has 1 aromatic heterocycles. The molecule has 0 radical (unpaired) electrons. The molecule has 2 amide bonds. The van der Waals surface area contributed by atoms with Gasteiger partial charge in [0.2, 0.25) is 5.91 Å². The zero-order valence-electron chi connectivity index (χ0n) is 22.3. The number of carbonyl (C=O) groups excluding carboxylic acids is 2. The first kappa shape index (κ1) is 25.2. The summed E-state index contributed by atoms with van der Waals surface area (Å²) < 4.78 is 1.74. The fourth-order valence-corrected chi connectivity index (χ4v) is 5.58. The third kappa shape index (κ3) is 5.20. The van der Waals surface area contributed by atoms with Gasteiger partial charge in [-0.2, -0.15) is 5.10 Å².